The van der Waals surface area contributed by atoms with Crippen LogP contribution in [0.1, 0.15) is 19.3 Å². The lowest BCUT2D eigenvalue weighted by atomic mass is 10.3. The lowest BCUT2D eigenvalue weighted by Crippen LogP contribution is -2.22. The molecule has 0 aromatic carbocycles. The molecule has 1 rings (SSSR count). The van der Waals surface area contributed by atoms with Crippen LogP contribution < -0.4 is 0 Å². The Morgan fingerprint density at radius 2 is 2.20 bits per heavy atom. The highest BCUT2D eigenvalue weighted by molar-refractivity contribution is 4.75. The van der Waals surface area contributed by atoms with Crippen LogP contribution in [-0.2, 0) is 0 Å². The van der Waals surface area contributed by atoms with Crippen molar-refractivity contribution >= 4 is 0 Å². The first kappa shape index (κ1) is 8.02. The highest BCUT2D eigenvalue weighted by Gasteiger charge is 2.22. The third-order valence-electron chi connectivity index (χ3n) is 1.96. The second-order valence-corrected chi connectivity index (χ2v) is 3.28. The summed E-state index contributed by atoms with van der Waals surface area (Å²) >= 11 is 0. The molecule has 60 valence electrons. The smallest absolute Gasteiger partial charge is 0.0443 e. The quantitative estimate of drug-likeness (QED) is 0.612. The molecule has 0 bridgehead atoms. The summed E-state index contributed by atoms with van der Waals surface area (Å²) in [6.07, 6.45) is 3.76. The van der Waals surface area contributed by atoms with Gasteiger partial charge < -0.3 is 10.0 Å². The van der Waals surface area contributed by atoms with Crippen LogP contribution >= 0.6 is 0 Å². The van der Waals surface area contributed by atoms with E-state index in [0.717, 1.165) is 18.9 Å². The van der Waals surface area contributed by atoms with E-state index in [1.165, 1.54) is 19.4 Å². The number of hydrogen-bond donors (Lipinski definition) is 1. The molecule has 2 nitrogen and oxygen atoms in total. The average Bonchev–Trinajstić information content (AvgIpc) is 2.67. The Labute approximate surface area is 62.8 Å². The molecule has 0 amide bonds. The standard InChI is InChI=1S/C8H17NO/c1-9(5-2-6-10)7-8-3-4-8/h8,10H,2-7H2,1H3. The third kappa shape index (κ3) is 3.18. The maximum absolute atomic E-state index is 8.54. The lowest BCUT2D eigenvalue weighted by molar-refractivity contribution is 0.243. The van der Waals surface area contributed by atoms with E-state index in [1.54, 1.807) is 0 Å². The molecule has 1 fully saturated rings. The van der Waals surface area contributed by atoms with Crippen molar-refractivity contribution in [3.63, 3.8) is 0 Å². The van der Waals surface area contributed by atoms with Crippen LogP contribution in [0.15, 0.2) is 0 Å². The number of aliphatic hydroxyl groups excluding tert-OH is 1. The van der Waals surface area contributed by atoms with Crippen LogP contribution in [0.5, 0.6) is 0 Å². The molecule has 0 heterocycles. The van der Waals surface area contributed by atoms with Crippen molar-refractivity contribution in [3.05, 3.63) is 0 Å². The Balaban J connectivity index is 1.91. The molecule has 0 atom stereocenters. The highest BCUT2D eigenvalue weighted by Crippen LogP contribution is 2.29. The summed E-state index contributed by atoms with van der Waals surface area (Å²) in [4.78, 5) is 2.31. The molecule has 0 aromatic rings. The first-order chi connectivity index (χ1) is 4.83. The minimum Gasteiger partial charge on any atom is -0.396 e. The van der Waals surface area contributed by atoms with E-state index in [2.05, 4.69) is 11.9 Å². The number of nitrogens with zero attached hydrogens (tertiary/aromatic N) is 1. The number of hydrogen-bond acceptors (Lipinski definition) is 2. The summed E-state index contributed by atoms with van der Waals surface area (Å²) in [6.45, 7) is 2.61. The minimum absolute atomic E-state index is 0.328. The van der Waals surface area contributed by atoms with E-state index in [0.29, 0.717) is 6.61 Å². The largest absolute Gasteiger partial charge is 0.396 e. The van der Waals surface area contributed by atoms with Gasteiger partial charge >= 0.3 is 0 Å². The predicted octanol–water partition coefficient (Wildman–Crippen LogP) is 0.711. The van der Waals surface area contributed by atoms with Crippen molar-refractivity contribution in [1.29, 1.82) is 0 Å². The Morgan fingerprint density at radius 3 is 2.70 bits per heavy atom. The normalized spacial score (nSPS) is 18.3. The van der Waals surface area contributed by atoms with Gasteiger partial charge in [-0.2, -0.15) is 0 Å². The Bertz CT molecular complexity index is 91.3. The summed E-state index contributed by atoms with van der Waals surface area (Å²) < 4.78 is 0. The molecule has 0 radical (unpaired) electrons. The second-order valence-electron chi connectivity index (χ2n) is 3.28. The monoisotopic (exact) mass is 143 g/mol. The molecule has 0 spiro atoms. The molecule has 0 unspecified atom stereocenters. The summed E-state index contributed by atoms with van der Waals surface area (Å²) in [5.74, 6) is 0.976. The third-order valence-corrected chi connectivity index (χ3v) is 1.96. The zero-order valence-corrected chi connectivity index (χ0v) is 6.71. The highest BCUT2D eigenvalue weighted by atomic mass is 16.3. The first-order valence-corrected chi connectivity index (χ1v) is 4.12. The molecule has 1 aliphatic carbocycles. The second kappa shape index (κ2) is 3.94. The van der Waals surface area contributed by atoms with Crippen LogP contribution in [0.2, 0.25) is 0 Å². The molecule has 0 aromatic heterocycles. The van der Waals surface area contributed by atoms with Gasteiger partial charge in [0.15, 0.2) is 0 Å². The average molecular weight is 143 g/mol. The Kier molecular flexibility index (Phi) is 3.16. The van der Waals surface area contributed by atoms with E-state index < -0.39 is 0 Å². The van der Waals surface area contributed by atoms with Crippen LogP contribution in [0, 0.1) is 5.92 Å². The molecular weight excluding hydrogens is 126 g/mol. The molecular formula is C8H17NO. The van der Waals surface area contributed by atoms with Gasteiger partial charge in [0.05, 0.1) is 0 Å². The van der Waals surface area contributed by atoms with Crippen molar-refractivity contribution in [2.24, 2.45) is 5.92 Å². The van der Waals surface area contributed by atoms with Gasteiger partial charge in [0, 0.05) is 19.7 Å². The molecule has 1 saturated carbocycles. The first-order valence-electron chi connectivity index (χ1n) is 4.12. The zero-order chi connectivity index (χ0) is 7.40. The number of rotatable bonds is 5. The summed E-state index contributed by atoms with van der Waals surface area (Å²) in [7, 11) is 2.13. The summed E-state index contributed by atoms with van der Waals surface area (Å²) in [5, 5.41) is 8.54. The molecule has 10 heavy (non-hydrogen) atoms. The van der Waals surface area contributed by atoms with E-state index in [1.807, 2.05) is 0 Å². The van der Waals surface area contributed by atoms with Gasteiger partial charge in [0.2, 0.25) is 0 Å². The van der Waals surface area contributed by atoms with Gasteiger partial charge in [-0.05, 0) is 32.2 Å². The van der Waals surface area contributed by atoms with Gasteiger partial charge in [-0.15, -0.1) is 0 Å². The fourth-order valence-electron chi connectivity index (χ4n) is 1.17. The molecule has 0 saturated heterocycles. The maximum Gasteiger partial charge on any atom is 0.0443 e. The lowest BCUT2D eigenvalue weighted by Gasteiger charge is -2.14. The fraction of sp³-hybridized carbons (Fsp3) is 1.00. The summed E-state index contributed by atoms with van der Waals surface area (Å²) in [6, 6.07) is 0. The molecule has 0 aliphatic heterocycles. The predicted molar refractivity (Wildman–Crippen MR) is 41.9 cm³/mol. The van der Waals surface area contributed by atoms with Crippen molar-refractivity contribution in [1.82, 2.24) is 4.90 Å². The van der Waals surface area contributed by atoms with E-state index in [-0.39, 0.29) is 0 Å². The fourth-order valence-corrected chi connectivity index (χ4v) is 1.17. The van der Waals surface area contributed by atoms with Crippen molar-refractivity contribution < 1.29 is 5.11 Å². The number of aliphatic hydroxyl groups is 1. The van der Waals surface area contributed by atoms with Gasteiger partial charge in [-0.25, -0.2) is 0 Å². The molecule has 1 aliphatic rings. The zero-order valence-electron chi connectivity index (χ0n) is 6.71. The van der Waals surface area contributed by atoms with E-state index in [9.17, 15) is 0 Å². The van der Waals surface area contributed by atoms with E-state index >= 15 is 0 Å². The van der Waals surface area contributed by atoms with Gasteiger partial charge in [0.1, 0.15) is 0 Å². The van der Waals surface area contributed by atoms with Crippen molar-refractivity contribution in [3.8, 4) is 0 Å². The van der Waals surface area contributed by atoms with Crippen LogP contribution in [0.25, 0.3) is 0 Å². The van der Waals surface area contributed by atoms with Crippen LogP contribution in [-0.4, -0.2) is 36.8 Å². The van der Waals surface area contributed by atoms with Crippen LogP contribution in [0.4, 0.5) is 0 Å². The topological polar surface area (TPSA) is 23.5 Å². The van der Waals surface area contributed by atoms with Gasteiger partial charge in [-0.1, -0.05) is 0 Å². The molecule has 1 N–H and O–H groups in total. The maximum atomic E-state index is 8.54. The Morgan fingerprint density at radius 1 is 1.50 bits per heavy atom. The van der Waals surface area contributed by atoms with Gasteiger partial charge in [-0.3, -0.25) is 0 Å². The summed E-state index contributed by atoms with van der Waals surface area (Å²) in [5.41, 5.74) is 0. The van der Waals surface area contributed by atoms with Crippen LogP contribution in [0.3, 0.4) is 0 Å². The Hall–Kier alpha value is -0.0800. The van der Waals surface area contributed by atoms with Crippen molar-refractivity contribution in [2.45, 2.75) is 19.3 Å². The molecule has 2 heteroatoms. The van der Waals surface area contributed by atoms with E-state index in [4.69, 9.17) is 5.11 Å². The van der Waals surface area contributed by atoms with Crippen molar-refractivity contribution in [2.75, 3.05) is 26.7 Å². The van der Waals surface area contributed by atoms with Gasteiger partial charge in [0.25, 0.3) is 0 Å². The SMILES string of the molecule is CN(CCCO)CC1CC1. The minimum atomic E-state index is 0.328.